The lowest BCUT2D eigenvalue weighted by Crippen LogP contribution is -2.37. The molecule has 1 N–H and O–H groups in total. The number of carbonyl (C=O) groups is 1. The maximum atomic E-state index is 13.0. The molecule has 0 bridgehead atoms. The monoisotopic (exact) mass is 416 g/mol. The van der Waals surface area contributed by atoms with E-state index in [9.17, 15) is 13.2 Å². The van der Waals surface area contributed by atoms with Crippen LogP contribution >= 0.6 is 0 Å². The van der Waals surface area contributed by atoms with Crippen LogP contribution in [0.1, 0.15) is 44.0 Å². The molecule has 0 radical (unpaired) electrons. The molecule has 1 aliphatic heterocycles. The number of rotatable bonds is 6. The third-order valence-electron chi connectivity index (χ3n) is 4.97. The van der Waals surface area contributed by atoms with Crippen LogP contribution in [0.5, 0.6) is 5.75 Å². The quantitative estimate of drug-likeness (QED) is 0.768. The van der Waals surface area contributed by atoms with E-state index in [1.807, 2.05) is 19.9 Å². The Morgan fingerprint density at radius 3 is 2.48 bits per heavy atom. The van der Waals surface area contributed by atoms with E-state index in [1.165, 1.54) is 10.4 Å². The molecular formula is C22H28N2O4S. The third kappa shape index (κ3) is 5.16. The molecule has 0 spiro atoms. The van der Waals surface area contributed by atoms with Crippen molar-refractivity contribution in [2.24, 2.45) is 5.92 Å². The number of nitrogens with zero attached hydrogens (tertiary/aromatic N) is 1. The van der Waals surface area contributed by atoms with Crippen LogP contribution in [0, 0.1) is 5.92 Å². The van der Waals surface area contributed by atoms with Crippen LogP contribution in [-0.4, -0.2) is 37.8 Å². The fourth-order valence-corrected chi connectivity index (χ4v) is 4.81. The van der Waals surface area contributed by atoms with Crippen molar-refractivity contribution in [2.75, 3.05) is 18.4 Å². The van der Waals surface area contributed by atoms with Gasteiger partial charge in [-0.2, -0.15) is 4.31 Å². The fourth-order valence-electron chi connectivity index (χ4n) is 3.29. The average molecular weight is 417 g/mol. The highest BCUT2D eigenvalue weighted by Crippen LogP contribution is 2.27. The van der Waals surface area contributed by atoms with Gasteiger partial charge in [0.25, 0.3) is 5.91 Å². The first-order valence-corrected chi connectivity index (χ1v) is 11.4. The first kappa shape index (κ1) is 21.3. The second-order valence-corrected chi connectivity index (χ2v) is 9.67. The van der Waals surface area contributed by atoms with E-state index >= 15 is 0 Å². The Labute approximate surface area is 172 Å². The van der Waals surface area contributed by atoms with Gasteiger partial charge in [-0.15, -0.1) is 0 Å². The Morgan fingerprint density at radius 1 is 1.10 bits per heavy atom. The van der Waals surface area contributed by atoms with Crippen molar-refractivity contribution in [3.8, 4) is 5.75 Å². The SMILES string of the molecule is CC1CCN(S(=O)(=O)c2cccc(C(=O)Nc3ccccc3OC(C)C)c2)CC1. The van der Waals surface area contributed by atoms with E-state index in [0.29, 0.717) is 30.4 Å². The molecule has 0 atom stereocenters. The Bertz CT molecular complexity index is 964. The van der Waals surface area contributed by atoms with Gasteiger partial charge in [0.1, 0.15) is 5.75 Å². The topological polar surface area (TPSA) is 75.7 Å². The highest BCUT2D eigenvalue weighted by atomic mass is 32.2. The molecule has 29 heavy (non-hydrogen) atoms. The molecule has 1 saturated heterocycles. The van der Waals surface area contributed by atoms with Gasteiger partial charge in [-0.25, -0.2) is 8.42 Å². The van der Waals surface area contributed by atoms with E-state index in [-0.39, 0.29) is 22.5 Å². The third-order valence-corrected chi connectivity index (χ3v) is 6.87. The van der Waals surface area contributed by atoms with Crippen molar-refractivity contribution in [1.82, 2.24) is 4.31 Å². The summed E-state index contributed by atoms with van der Waals surface area (Å²) in [6.45, 7) is 6.98. The number of anilines is 1. The van der Waals surface area contributed by atoms with Gasteiger partial charge in [0, 0.05) is 18.7 Å². The lowest BCUT2D eigenvalue weighted by Gasteiger charge is -2.29. The summed E-state index contributed by atoms with van der Waals surface area (Å²) in [5, 5.41) is 2.82. The highest BCUT2D eigenvalue weighted by molar-refractivity contribution is 7.89. The van der Waals surface area contributed by atoms with Gasteiger partial charge in [0.05, 0.1) is 16.7 Å². The molecule has 0 aliphatic carbocycles. The van der Waals surface area contributed by atoms with E-state index in [0.717, 1.165) is 12.8 Å². The molecule has 1 heterocycles. The van der Waals surface area contributed by atoms with Gasteiger partial charge in [-0.1, -0.05) is 25.1 Å². The maximum absolute atomic E-state index is 13.0. The normalized spacial score (nSPS) is 16.0. The summed E-state index contributed by atoms with van der Waals surface area (Å²) in [6, 6.07) is 13.4. The minimum absolute atomic E-state index is 0.0335. The second kappa shape index (κ2) is 8.97. The molecule has 7 heteroatoms. The van der Waals surface area contributed by atoms with Crippen LogP contribution in [-0.2, 0) is 10.0 Å². The Balaban J connectivity index is 1.80. The number of hydrogen-bond acceptors (Lipinski definition) is 4. The second-order valence-electron chi connectivity index (χ2n) is 7.73. The van der Waals surface area contributed by atoms with Crippen LogP contribution in [0.25, 0.3) is 0 Å². The van der Waals surface area contributed by atoms with Gasteiger partial charge in [0.15, 0.2) is 0 Å². The molecular weight excluding hydrogens is 388 g/mol. The van der Waals surface area contributed by atoms with Gasteiger partial charge in [-0.05, 0) is 62.9 Å². The summed E-state index contributed by atoms with van der Waals surface area (Å²) in [5.41, 5.74) is 0.834. The maximum Gasteiger partial charge on any atom is 0.255 e. The van der Waals surface area contributed by atoms with Gasteiger partial charge in [0.2, 0.25) is 10.0 Å². The molecule has 156 valence electrons. The largest absolute Gasteiger partial charge is 0.489 e. The highest BCUT2D eigenvalue weighted by Gasteiger charge is 2.28. The van der Waals surface area contributed by atoms with Crippen molar-refractivity contribution in [2.45, 2.75) is 44.6 Å². The molecule has 1 aliphatic rings. The molecule has 0 unspecified atom stereocenters. The zero-order valence-electron chi connectivity index (χ0n) is 17.1. The number of hydrogen-bond donors (Lipinski definition) is 1. The van der Waals surface area contributed by atoms with Crippen LogP contribution in [0.2, 0.25) is 0 Å². The van der Waals surface area contributed by atoms with E-state index in [4.69, 9.17) is 4.74 Å². The summed E-state index contributed by atoms with van der Waals surface area (Å²) in [4.78, 5) is 12.9. The predicted octanol–water partition coefficient (Wildman–Crippen LogP) is 4.15. The van der Waals surface area contributed by atoms with Crippen LogP contribution in [0.15, 0.2) is 53.4 Å². The number of carbonyl (C=O) groups excluding carboxylic acids is 1. The molecule has 0 aromatic heterocycles. The summed E-state index contributed by atoms with van der Waals surface area (Å²) >= 11 is 0. The molecule has 1 fully saturated rings. The van der Waals surface area contributed by atoms with Gasteiger partial charge < -0.3 is 10.1 Å². The summed E-state index contributed by atoms with van der Waals surface area (Å²) in [6.07, 6.45) is 1.67. The van der Waals surface area contributed by atoms with E-state index < -0.39 is 10.0 Å². The summed E-state index contributed by atoms with van der Waals surface area (Å²) in [7, 11) is -3.61. The number of para-hydroxylation sites is 2. The van der Waals surface area contributed by atoms with Crippen LogP contribution in [0.4, 0.5) is 5.69 Å². The Kier molecular flexibility index (Phi) is 6.59. The Morgan fingerprint density at radius 2 is 1.79 bits per heavy atom. The minimum atomic E-state index is -3.61. The first-order valence-electron chi connectivity index (χ1n) is 9.94. The number of benzene rings is 2. The standard InChI is InChI=1S/C22H28N2O4S/c1-16(2)28-21-10-5-4-9-20(21)23-22(25)18-7-6-8-19(15-18)29(26,27)24-13-11-17(3)12-14-24/h4-10,15-17H,11-14H2,1-3H3,(H,23,25). The van der Waals surface area contributed by atoms with Crippen molar-refractivity contribution < 1.29 is 17.9 Å². The van der Waals surface area contributed by atoms with E-state index in [1.54, 1.807) is 36.4 Å². The molecule has 1 amide bonds. The predicted molar refractivity (Wildman–Crippen MR) is 114 cm³/mol. The van der Waals surface area contributed by atoms with Crippen molar-refractivity contribution in [3.05, 3.63) is 54.1 Å². The van der Waals surface area contributed by atoms with Gasteiger partial charge in [-0.3, -0.25) is 4.79 Å². The molecule has 6 nitrogen and oxygen atoms in total. The minimum Gasteiger partial charge on any atom is -0.489 e. The number of nitrogens with one attached hydrogen (secondary N) is 1. The van der Waals surface area contributed by atoms with E-state index in [2.05, 4.69) is 12.2 Å². The lowest BCUT2D eigenvalue weighted by atomic mass is 10.0. The lowest BCUT2D eigenvalue weighted by molar-refractivity contribution is 0.102. The van der Waals surface area contributed by atoms with Crippen LogP contribution < -0.4 is 10.1 Å². The molecule has 2 aromatic carbocycles. The summed E-state index contributed by atoms with van der Waals surface area (Å²) < 4.78 is 33.2. The zero-order chi connectivity index (χ0) is 21.0. The molecule has 0 saturated carbocycles. The van der Waals surface area contributed by atoms with Gasteiger partial charge >= 0.3 is 0 Å². The number of sulfonamides is 1. The number of piperidine rings is 1. The first-order chi connectivity index (χ1) is 13.8. The average Bonchev–Trinajstić information content (AvgIpc) is 2.69. The molecule has 2 aromatic rings. The van der Waals surface area contributed by atoms with Crippen molar-refractivity contribution in [3.63, 3.8) is 0 Å². The van der Waals surface area contributed by atoms with Crippen LogP contribution in [0.3, 0.4) is 0 Å². The number of ether oxygens (including phenoxy) is 1. The van der Waals surface area contributed by atoms with Crippen molar-refractivity contribution in [1.29, 1.82) is 0 Å². The molecule has 3 rings (SSSR count). The smallest absolute Gasteiger partial charge is 0.255 e. The fraction of sp³-hybridized carbons (Fsp3) is 0.409. The Hall–Kier alpha value is -2.38. The zero-order valence-corrected chi connectivity index (χ0v) is 17.9. The number of amides is 1. The van der Waals surface area contributed by atoms with Crippen molar-refractivity contribution >= 4 is 21.6 Å². The summed E-state index contributed by atoms with van der Waals surface area (Å²) in [5.74, 6) is 0.725.